The van der Waals surface area contributed by atoms with E-state index in [2.05, 4.69) is 18.2 Å². The van der Waals surface area contributed by atoms with Crippen molar-refractivity contribution in [3.63, 3.8) is 0 Å². The first-order valence-electron chi connectivity index (χ1n) is 7.02. The van der Waals surface area contributed by atoms with Crippen LogP contribution in [0.1, 0.15) is 55.7 Å². The van der Waals surface area contributed by atoms with Gasteiger partial charge < -0.3 is 5.11 Å². The smallest absolute Gasteiger partial charge is 0.0896 e. The van der Waals surface area contributed by atoms with E-state index in [4.69, 9.17) is 0 Å². The third-order valence-corrected chi connectivity index (χ3v) is 4.83. The maximum Gasteiger partial charge on any atom is 0.0896 e. The fraction of sp³-hybridized carbons (Fsp3) is 0.625. The summed E-state index contributed by atoms with van der Waals surface area (Å²) < 4.78 is 0. The van der Waals surface area contributed by atoms with Gasteiger partial charge in [-0.05, 0) is 68.1 Å². The van der Waals surface area contributed by atoms with Crippen molar-refractivity contribution in [1.29, 1.82) is 0 Å². The molecular weight excluding hydrogens is 208 g/mol. The Morgan fingerprint density at radius 1 is 1.06 bits per heavy atom. The summed E-state index contributed by atoms with van der Waals surface area (Å²) in [6.45, 7) is 2.00. The lowest BCUT2D eigenvalue weighted by Crippen LogP contribution is -2.36. The molecular formula is C16H22O. The number of benzene rings is 1. The van der Waals surface area contributed by atoms with Gasteiger partial charge in [0.1, 0.15) is 0 Å². The summed E-state index contributed by atoms with van der Waals surface area (Å²) in [5.74, 6) is 0.476. The highest BCUT2D eigenvalue weighted by molar-refractivity contribution is 5.36. The Balaban J connectivity index is 1.92. The molecule has 2 aliphatic carbocycles. The average molecular weight is 230 g/mol. The number of fused-ring (bicyclic) bond motifs is 1. The summed E-state index contributed by atoms with van der Waals surface area (Å²) in [6.07, 6.45) is 8.71. The van der Waals surface area contributed by atoms with Crippen molar-refractivity contribution in [3.05, 3.63) is 34.9 Å². The van der Waals surface area contributed by atoms with Crippen LogP contribution in [0.5, 0.6) is 0 Å². The zero-order valence-electron chi connectivity index (χ0n) is 10.7. The van der Waals surface area contributed by atoms with Crippen molar-refractivity contribution in [2.24, 2.45) is 5.92 Å². The Morgan fingerprint density at radius 2 is 1.76 bits per heavy atom. The zero-order chi connectivity index (χ0) is 11.9. The SMILES string of the molecule is CC(O)(c1ccc2c(c1)CCCC2)C1CCC1. The highest BCUT2D eigenvalue weighted by atomic mass is 16.3. The predicted molar refractivity (Wildman–Crippen MR) is 70.0 cm³/mol. The molecule has 1 unspecified atom stereocenters. The quantitative estimate of drug-likeness (QED) is 0.823. The maximum atomic E-state index is 10.7. The molecule has 0 amide bonds. The van der Waals surface area contributed by atoms with Crippen LogP contribution in [0.3, 0.4) is 0 Å². The third-order valence-electron chi connectivity index (χ3n) is 4.83. The molecule has 0 saturated heterocycles. The topological polar surface area (TPSA) is 20.2 Å². The summed E-state index contributed by atoms with van der Waals surface area (Å²) in [4.78, 5) is 0. The van der Waals surface area contributed by atoms with Gasteiger partial charge in [-0.15, -0.1) is 0 Å². The fourth-order valence-corrected chi connectivity index (χ4v) is 3.25. The molecule has 1 nitrogen and oxygen atoms in total. The van der Waals surface area contributed by atoms with Gasteiger partial charge in [0.25, 0.3) is 0 Å². The minimum Gasteiger partial charge on any atom is -0.385 e. The molecule has 1 aromatic rings. The summed E-state index contributed by atoms with van der Waals surface area (Å²) in [6, 6.07) is 6.67. The molecule has 92 valence electrons. The molecule has 0 radical (unpaired) electrons. The van der Waals surface area contributed by atoms with E-state index in [1.165, 1.54) is 56.1 Å². The van der Waals surface area contributed by atoms with E-state index >= 15 is 0 Å². The Bertz CT molecular complexity index is 416. The second kappa shape index (κ2) is 4.13. The molecule has 1 fully saturated rings. The van der Waals surface area contributed by atoms with E-state index < -0.39 is 5.60 Å². The lowest BCUT2D eigenvalue weighted by molar-refractivity contribution is -0.0399. The van der Waals surface area contributed by atoms with E-state index in [9.17, 15) is 5.11 Å². The van der Waals surface area contributed by atoms with E-state index in [0.717, 1.165) is 5.56 Å². The summed E-state index contributed by atoms with van der Waals surface area (Å²) in [7, 11) is 0. The van der Waals surface area contributed by atoms with Gasteiger partial charge in [0.15, 0.2) is 0 Å². The molecule has 2 aliphatic rings. The first-order chi connectivity index (χ1) is 8.18. The summed E-state index contributed by atoms with van der Waals surface area (Å²) >= 11 is 0. The van der Waals surface area contributed by atoms with Crippen molar-refractivity contribution >= 4 is 0 Å². The van der Waals surface area contributed by atoms with Crippen LogP contribution in [0.4, 0.5) is 0 Å². The van der Waals surface area contributed by atoms with Gasteiger partial charge >= 0.3 is 0 Å². The van der Waals surface area contributed by atoms with Crippen LogP contribution in [0.25, 0.3) is 0 Å². The van der Waals surface area contributed by atoms with Gasteiger partial charge in [0.05, 0.1) is 5.60 Å². The highest BCUT2D eigenvalue weighted by Crippen LogP contribution is 2.42. The number of aliphatic hydroxyl groups is 1. The number of rotatable bonds is 2. The minimum absolute atomic E-state index is 0.476. The third kappa shape index (κ3) is 1.91. The van der Waals surface area contributed by atoms with Crippen molar-refractivity contribution in [3.8, 4) is 0 Å². The van der Waals surface area contributed by atoms with Crippen LogP contribution >= 0.6 is 0 Å². The van der Waals surface area contributed by atoms with Gasteiger partial charge in [-0.3, -0.25) is 0 Å². The summed E-state index contributed by atoms with van der Waals surface area (Å²) in [5, 5.41) is 10.7. The van der Waals surface area contributed by atoms with Crippen LogP contribution in [0.2, 0.25) is 0 Å². The molecule has 0 bridgehead atoms. The molecule has 1 saturated carbocycles. The fourth-order valence-electron chi connectivity index (χ4n) is 3.25. The summed E-state index contributed by atoms with van der Waals surface area (Å²) in [5.41, 5.74) is 3.52. The van der Waals surface area contributed by atoms with Gasteiger partial charge in [-0.25, -0.2) is 0 Å². The van der Waals surface area contributed by atoms with Crippen molar-refractivity contribution < 1.29 is 5.11 Å². The molecule has 3 rings (SSSR count). The van der Waals surface area contributed by atoms with Gasteiger partial charge in [0.2, 0.25) is 0 Å². The maximum absolute atomic E-state index is 10.7. The lowest BCUT2D eigenvalue weighted by Gasteiger charge is -2.39. The van der Waals surface area contributed by atoms with E-state index in [-0.39, 0.29) is 0 Å². The zero-order valence-corrected chi connectivity index (χ0v) is 10.7. The molecule has 0 spiro atoms. The molecule has 0 aliphatic heterocycles. The number of hydrogen-bond donors (Lipinski definition) is 1. The molecule has 1 N–H and O–H groups in total. The van der Waals surface area contributed by atoms with Gasteiger partial charge in [-0.1, -0.05) is 24.6 Å². The standard InChI is InChI=1S/C16H22O/c1-16(17,14-7-4-8-14)15-10-9-12-5-2-3-6-13(12)11-15/h9-11,14,17H,2-8H2,1H3. The Morgan fingerprint density at radius 3 is 2.41 bits per heavy atom. The van der Waals surface area contributed by atoms with E-state index in [1.807, 2.05) is 6.92 Å². The average Bonchev–Trinajstić information content (AvgIpc) is 2.25. The van der Waals surface area contributed by atoms with E-state index in [1.54, 1.807) is 0 Å². The molecule has 1 atom stereocenters. The Hall–Kier alpha value is -0.820. The number of hydrogen-bond acceptors (Lipinski definition) is 1. The highest BCUT2D eigenvalue weighted by Gasteiger charge is 2.37. The van der Waals surface area contributed by atoms with E-state index in [0.29, 0.717) is 5.92 Å². The van der Waals surface area contributed by atoms with Crippen molar-refractivity contribution in [1.82, 2.24) is 0 Å². The van der Waals surface area contributed by atoms with Crippen LogP contribution in [0, 0.1) is 5.92 Å². The first-order valence-corrected chi connectivity index (χ1v) is 7.02. The predicted octanol–water partition coefficient (Wildman–Crippen LogP) is 3.57. The van der Waals surface area contributed by atoms with Crippen LogP contribution < -0.4 is 0 Å². The molecule has 0 aromatic heterocycles. The molecule has 1 aromatic carbocycles. The second-order valence-corrected chi connectivity index (χ2v) is 5.97. The van der Waals surface area contributed by atoms with Gasteiger partial charge in [-0.2, -0.15) is 0 Å². The largest absolute Gasteiger partial charge is 0.385 e. The van der Waals surface area contributed by atoms with Crippen LogP contribution in [-0.2, 0) is 18.4 Å². The first kappa shape index (κ1) is 11.3. The van der Waals surface area contributed by atoms with Gasteiger partial charge in [0, 0.05) is 0 Å². The molecule has 1 heteroatoms. The molecule has 0 heterocycles. The van der Waals surface area contributed by atoms with Crippen LogP contribution in [-0.4, -0.2) is 5.11 Å². The lowest BCUT2D eigenvalue weighted by atomic mass is 9.70. The number of aryl methyl sites for hydroxylation is 2. The Kier molecular flexibility index (Phi) is 2.74. The second-order valence-electron chi connectivity index (χ2n) is 5.97. The van der Waals surface area contributed by atoms with Crippen LogP contribution in [0.15, 0.2) is 18.2 Å². The van der Waals surface area contributed by atoms with Crippen molar-refractivity contribution in [2.45, 2.75) is 57.5 Å². The monoisotopic (exact) mass is 230 g/mol. The van der Waals surface area contributed by atoms with Crippen molar-refractivity contribution in [2.75, 3.05) is 0 Å². The normalized spacial score (nSPS) is 23.6. The minimum atomic E-state index is -0.606. The molecule has 17 heavy (non-hydrogen) atoms. The Labute approximate surface area is 104 Å².